The Kier molecular flexibility index (Phi) is 5.44. The molecule has 0 saturated carbocycles. The summed E-state index contributed by atoms with van der Waals surface area (Å²) in [5, 5.41) is 20.0. The van der Waals surface area contributed by atoms with Crippen LogP contribution >= 0.6 is 0 Å². The minimum absolute atomic E-state index is 0.0375. The predicted molar refractivity (Wildman–Crippen MR) is 72.7 cm³/mol. The van der Waals surface area contributed by atoms with Crippen molar-refractivity contribution in [2.45, 2.75) is 20.3 Å². The first kappa shape index (κ1) is 15.1. The summed E-state index contributed by atoms with van der Waals surface area (Å²) in [6.45, 7) is 4.44. The molecule has 0 unspecified atom stereocenters. The Morgan fingerprint density at radius 2 is 2.16 bits per heavy atom. The van der Waals surface area contributed by atoms with Gasteiger partial charge in [0.15, 0.2) is 5.78 Å². The fraction of sp³-hybridized carbons (Fsp3) is 0.462. The van der Waals surface area contributed by atoms with Crippen LogP contribution in [-0.2, 0) is 0 Å². The lowest BCUT2D eigenvalue weighted by atomic mass is 10.1. The van der Waals surface area contributed by atoms with Crippen LogP contribution in [0.3, 0.4) is 0 Å². The summed E-state index contributed by atoms with van der Waals surface area (Å²) in [6.07, 6.45) is 0.541. The predicted octanol–water partition coefficient (Wildman–Crippen LogP) is 2.01. The van der Waals surface area contributed by atoms with E-state index in [9.17, 15) is 14.9 Å². The quantitative estimate of drug-likeness (QED) is 0.463. The Labute approximate surface area is 111 Å². The molecule has 0 aromatic heterocycles. The van der Waals surface area contributed by atoms with Crippen molar-refractivity contribution in [1.29, 1.82) is 0 Å². The van der Waals surface area contributed by atoms with E-state index in [1.54, 1.807) is 12.1 Å². The monoisotopic (exact) mass is 266 g/mol. The van der Waals surface area contributed by atoms with Crippen molar-refractivity contribution in [1.82, 2.24) is 0 Å². The zero-order valence-electron chi connectivity index (χ0n) is 11.1. The van der Waals surface area contributed by atoms with Crippen molar-refractivity contribution in [2.75, 3.05) is 24.6 Å². The topological polar surface area (TPSA) is 83.7 Å². The third-order valence-corrected chi connectivity index (χ3v) is 2.89. The average Bonchev–Trinajstić information content (AvgIpc) is 2.39. The summed E-state index contributed by atoms with van der Waals surface area (Å²) in [4.78, 5) is 23.7. The standard InChI is InChI=1S/C13H18N2O4/c1-3-14(7-4-8-16)12-6-5-11(10(2)17)9-13(12)15(18)19/h5-6,9,16H,3-4,7-8H2,1-2H3. The van der Waals surface area contributed by atoms with Crippen LogP contribution in [0.5, 0.6) is 0 Å². The molecular formula is C13H18N2O4. The number of benzene rings is 1. The van der Waals surface area contributed by atoms with Gasteiger partial charge in [-0.25, -0.2) is 0 Å². The Morgan fingerprint density at radius 1 is 1.47 bits per heavy atom. The van der Waals surface area contributed by atoms with Crippen LogP contribution in [0.15, 0.2) is 18.2 Å². The van der Waals surface area contributed by atoms with Gasteiger partial charge < -0.3 is 10.0 Å². The lowest BCUT2D eigenvalue weighted by Gasteiger charge is -2.22. The van der Waals surface area contributed by atoms with Gasteiger partial charge in [0.25, 0.3) is 5.69 Å². The van der Waals surface area contributed by atoms with Crippen LogP contribution in [0.25, 0.3) is 0 Å². The number of nitro benzene ring substituents is 1. The van der Waals surface area contributed by atoms with Gasteiger partial charge in [-0.3, -0.25) is 14.9 Å². The summed E-state index contributed by atoms with van der Waals surface area (Å²) in [5.41, 5.74) is 0.729. The fourth-order valence-electron chi connectivity index (χ4n) is 1.87. The molecule has 0 bridgehead atoms. The van der Waals surface area contributed by atoms with Gasteiger partial charge in [-0.05, 0) is 32.4 Å². The van der Waals surface area contributed by atoms with Crippen LogP contribution in [0.1, 0.15) is 30.6 Å². The summed E-state index contributed by atoms with van der Waals surface area (Å²) < 4.78 is 0. The smallest absolute Gasteiger partial charge is 0.293 e. The van der Waals surface area contributed by atoms with E-state index in [1.165, 1.54) is 13.0 Å². The third-order valence-electron chi connectivity index (χ3n) is 2.89. The number of carbonyl (C=O) groups excluding carboxylic acids is 1. The van der Waals surface area contributed by atoms with Crippen molar-refractivity contribution >= 4 is 17.2 Å². The summed E-state index contributed by atoms with van der Waals surface area (Å²) in [7, 11) is 0. The van der Waals surface area contributed by atoms with E-state index >= 15 is 0 Å². The number of carbonyl (C=O) groups is 1. The Balaban J connectivity index is 3.17. The molecule has 104 valence electrons. The number of Topliss-reactive ketones (excluding diaryl/α,β-unsaturated/α-hetero) is 1. The van der Waals surface area contributed by atoms with E-state index in [2.05, 4.69) is 0 Å². The number of nitro groups is 1. The summed E-state index contributed by atoms with van der Waals surface area (Å²) in [5.74, 6) is -0.201. The number of anilines is 1. The number of hydrogen-bond acceptors (Lipinski definition) is 5. The fourth-order valence-corrected chi connectivity index (χ4v) is 1.87. The second-order valence-electron chi connectivity index (χ2n) is 4.17. The molecule has 0 saturated heterocycles. The Bertz CT molecular complexity index is 474. The molecule has 6 nitrogen and oxygen atoms in total. The first-order valence-electron chi connectivity index (χ1n) is 6.16. The molecule has 0 aliphatic heterocycles. The highest BCUT2D eigenvalue weighted by Crippen LogP contribution is 2.29. The highest BCUT2D eigenvalue weighted by Gasteiger charge is 2.20. The van der Waals surface area contributed by atoms with Crippen LogP contribution in [-0.4, -0.2) is 35.5 Å². The van der Waals surface area contributed by atoms with Crippen molar-refractivity contribution in [3.05, 3.63) is 33.9 Å². The maximum Gasteiger partial charge on any atom is 0.293 e. The van der Waals surface area contributed by atoms with Crippen LogP contribution < -0.4 is 4.90 Å². The lowest BCUT2D eigenvalue weighted by molar-refractivity contribution is -0.384. The first-order chi connectivity index (χ1) is 9.01. The molecule has 1 rings (SSSR count). The largest absolute Gasteiger partial charge is 0.396 e. The molecule has 0 radical (unpaired) electrons. The van der Waals surface area contributed by atoms with Gasteiger partial charge in [-0.15, -0.1) is 0 Å². The normalized spacial score (nSPS) is 10.3. The average molecular weight is 266 g/mol. The number of nitrogens with zero attached hydrogens (tertiary/aromatic N) is 2. The van der Waals surface area contributed by atoms with Gasteiger partial charge in [0, 0.05) is 31.3 Å². The molecular weight excluding hydrogens is 248 g/mol. The highest BCUT2D eigenvalue weighted by molar-refractivity contribution is 5.95. The Morgan fingerprint density at radius 3 is 2.63 bits per heavy atom. The van der Waals surface area contributed by atoms with E-state index < -0.39 is 4.92 Å². The van der Waals surface area contributed by atoms with Crippen LogP contribution in [0.2, 0.25) is 0 Å². The molecule has 1 aromatic rings. The van der Waals surface area contributed by atoms with E-state index in [4.69, 9.17) is 5.11 Å². The molecule has 0 spiro atoms. The molecule has 0 atom stereocenters. The van der Waals surface area contributed by atoms with E-state index in [0.717, 1.165) is 0 Å². The highest BCUT2D eigenvalue weighted by atomic mass is 16.6. The van der Waals surface area contributed by atoms with Gasteiger partial charge in [0.2, 0.25) is 0 Å². The molecule has 0 heterocycles. The van der Waals surface area contributed by atoms with Gasteiger partial charge in [0.1, 0.15) is 5.69 Å². The number of ketones is 1. The van der Waals surface area contributed by atoms with Crippen molar-refractivity contribution in [2.24, 2.45) is 0 Å². The van der Waals surface area contributed by atoms with Crippen molar-refractivity contribution < 1.29 is 14.8 Å². The number of rotatable bonds is 7. The van der Waals surface area contributed by atoms with Gasteiger partial charge in [-0.2, -0.15) is 0 Å². The minimum atomic E-state index is -0.483. The van der Waals surface area contributed by atoms with Gasteiger partial charge in [-0.1, -0.05) is 0 Å². The van der Waals surface area contributed by atoms with Crippen LogP contribution in [0, 0.1) is 10.1 Å². The number of aliphatic hydroxyl groups excluding tert-OH is 1. The van der Waals surface area contributed by atoms with E-state index in [-0.39, 0.29) is 18.1 Å². The molecule has 6 heteroatoms. The molecule has 1 aromatic carbocycles. The molecule has 0 amide bonds. The SMILES string of the molecule is CCN(CCCO)c1ccc(C(C)=O)cc1[N+](=O)[O-]. The third kappa shape index (κ3) is 3.75. The zero-order chi connectivity index (χ0) is 14.4. The number of aliphatic hydroxyl groups is 1. The summed E-state index contributed by atoms with van der Waals surface area (Å²) >= 11 is 0. The van der Waals surface area contributed by atoms with E-state index in [1.807, 2.05) is 11.8 Å². The van der Waals surface area contributed by atoms with E-state index in [0.29, 0.717) is 30.8 Å². The second-order valence-corrected chi connectivity index (χ2v) is 4.17. The molecule has 0 fully saturated rings. The lowest BCUT2D eigenvalue weighted by Crippen LogP contribution is -2.25. The molecule has 0 aliphatic rings. The van der Waals surface area contributed by atoms with Gasteiger partial charge in [0.05, 0.1) is 4.92 Å². The second kappa shape index (κ2) is 6.84. The molecule has 1 N–H and O–H groups in total. The Hall–Kier alpha value is -1.95. The van der Waals surface area contributed by atoms with Crippen molar-refractivity contribution in [3.63, 3.8) is 0 Å². The summed E-state index contributed by atoms with van der Waals surface area (Å²) in [6, 6.07) is 4.49. The van der Waals surface area contributed by atoms with Crippen molar-refractivity contribution in [3.8, 4) is 0 Å². The maximum atomic E-state index is 11.3. The van der Waals surface area contributed by atoms with Crippen LogP contribution in [0.4, 0.5) is 11.4 Å². The van der Waals surface area contributed by atoms with Gasteiger partial charge >= 0.3 is 0 Å². The molecule has 19 heavy (non-hydrogen) atoms. The zero-order valence-corrected chi connectivity index (χ0v) is 11.1. The number of hydrogen-bond donors (Lipinski definition) is 1. The molecule has 0 aliphatic carbocycles. The maximum absolute atomic E-state index is 11.3. The minimum Gasteiger partial charge on any atom is -0.396 e. The first-order valence-corrected chi connectivity index (χ1v) is 6.16.